The molecule has 8 heteroatoms. The van der Waals surface area contributed by atoms with Gasteiger partial charge in [-0.1, -0.05) is 6.07 Å². The summed E-state index contributed by atoms with van der Waals surface area (Å²) in [5.74, 6) is 1.06. The standard InChI is InChI=1S/C27H28N8/c1-19-23-17-34(24-6-5-21(15-28)27-22(24)3-2-9-30-27)18-25(23)35(32-19)12-8-20-4-7-26(31-16-20)33-13-10-29-11-14-33/h2-7,9,16,29H,8,10-14,17-18H2,1H3. The molecule has 0 spiro atoms. The van der Waals surface area contributed by atoms with E-state index in [9.17, 15) is 5.26 Å². The summed E-state index contributed by atoms with van der Waals surface area (Å²) in [5.41, 5.74) is 7.38. The number of aromatic nitrogens is 4. The van der Waals surface area contributed by atoms with Crippen molar-refractivity contribution >= 4 is 22.4 Å². The quantitative estimate of drug-likeness (QED) is 0.485. The first-order chi connectivity index (χ1) is 17.2. The van der Waals surface area contributed by atoms with Crippen LogP contribution in [-0.4, -0.2) is 45.9 Å². The van der Waals surface area contributed by atoms with Crippen LogP contribution in [0.15, 0.2) is 48.8 Å². The molecule has 2 aliphatic rings. The number of nitrogens with one attached hydrogen (secondary N) is 1. The summed E-state index contributed by atoms with van der Waals surface area (Å²) < 4.78 is 2.17. The van der Waals surface area contributed by atoms with Gasteiger partial charge in [-0.15, -0.1) is 0 Å². The smallest absolute Gasteiger partial charge is 0.128 e. The molecule has 5 heterocycles. The van der Waals surface area contributed by atoms with Crippen molar-refractivity contribution in [2.45, 2.75) is 33.0 Å². The number of rotatable bonds is 5. The number of fused-ring (bicyclic) bond motifs is 2. The van der Waals surface area contributed by atoms with Gasteiger partial charge in [0.15, 0.2) is 0 Å². The lowest BCUT2D eigenvalue weighted by atomic mass is 10.1. The molecule has 0 bridgehead atoms. The van der Waals surface area contributed by atoms with Gasteiger partial charge in [-0.25, -0.2) is 4.98 Å². The number of hydrogen-bond acceptors (Lipinski definition) is 7. The molecule has 2 aliphatic heterocycles. The van der Waals surface area contributed by atoms with Gasteiger partial charge in [0.1, 0.15) is 11.9 Å². The normalized spacial score (nSPS) is 15.4. The predicted molar refractivity (Wildman–Crippen MR) is 136 cm³/mol. The first-order valence-corrected chi connectivity index (χ1v) is 12.2. The van der Waals surface area contributed by atoms with E-state index in [4.69, 9.17) is 10.1 Å². The average molecular weight is 465 g/mol. The first kappa shape index (κ1) is 21.6. The van der Waals surface area contributed by atoms with Crippen LogP contribution >= 0.6 is 0 Å². The van der Waals surface area contributed by atoms with Crippen LogP contribution in [0.2, 0.25) is 0 Å². The summed E-state index contributed by atoms with van der Waals surface area (Å²) >= 11 is 0. The lowest BCUT2D eigenvalue weighted by molar-refractivity contribution is 0.577. The third-order valence-corrected chi connectivity index (χ3v) is 7.13. The molecule has 35 heavy (non-hydrogen) atoms. The molecule has 0 radical (unpaired) electrons. The van der Waals surface area contributed by atoms with E-state index in [2.05, 4.69) is 56.0 Å². The molecule has 6 rings (SSSR count). The summed E-state index contributed by atoms with van der Waals surface area (Å²) in [6, 6.07) is 14.5. The van der Waals surface area contributed by atoms with Crippen molar-refractivity contribution in [1.82, 2.24) is 25.1 Å². The van der Waals surface area contributed by atoms with Crippen molar-refractivity contribution in [3.8, 4) is 6.07 Å². The molecule has 1 saturated heterocycles. The lowest BCUT2D eigenvalue weighted by Gasteiger charge is -2.28. The Morgan fingerprint density at radius 3 is 2.71 bits per heavy atom. The Morgan fingerprint density at radius 2 is 1.91 bits per heavy atom. The van der Waals surface area contributed by atoms with E-state index >= 15 is 0 Å². The topological polar surface area (TPSA) is 85.9 Å². The summed E-state index contributed by atoms with van der Waals surface area (Å²) in [4.78, 5) is 13.9. The van der Waals surface area contributed by atoms with Gasteiger partial charge in [-0.2, -0.15) is 10.4 Å². The number of nitrogens with zero attached hydrogens (tertiary/aromatic N) is 7. The van der Waals surface area contributed by atoms with Crippen LogP contribution in [0.4, 0.5) is 11.5 Å². The molecule has 0 unspecified atom stereocenters. The van der Waals surface area contributed by atoms with E-state index in [1.807, 2.05) is 24.4 Å². The minimum absolute atomic E-state index is 0.611. The molecule has 8 nitrogen and oxygen atoms in total. The molecule has 0 amide bonds. The molecular weight excluding hydrogens is 436 g/mol. The number of piperazine rings is 1. The van der Waals surface area contributed by atoms with E-state index in [1.165, 1.54) is 16.8 Å². The second-order valence-corrected chi connectivity index (χ2v) is 9.25. The fourth-order valence-corrected chi connectivity index (χ4v) is 5.24. The molecule has 1 fully saturated rings. The second-order valence-electron chi connectivity index (χ2n) is 9.25. The number of hydrogen-bond donors (Lipinski definition) is 1. The van der Waals surface area contributed by atoms with Gasteiger partial charge in [-0.3, -0.25) is 9.67 Å². The van der Waals surface area contributed by atoms with Crippen molar-refractivity contribution in [1.29, 1.82) is 5.26 Å². The maximum absolute atomic E-state index is 9.48. The van der Waals surface area contributed by atoms with Gasteiger partial charge in [-0.05, 0) is 49.2 Å². The minimum Gasteiger partial charge on any atom is -0.361 e. The maximum Gasteiger partial charge on any atom is 0.128 e. The number of nitriles is 1. The molecular formula is C27H28N8. The van der Waals surface area contributed by atoms with Crippen LogP contribution in [0.3, 0.4) is 0 Å². The highest BCUT2D eigenvalue weighted by Crippen LogP contribution is 2.35. The molecule has 1 N–H and O–H groups in total. The van der Waals surface area contributed by atoms with Crippen LogP contribution in [0.1, 0.15) is 28.1 Å². The molecule has 0 atom stereocenters. The summed E-state index contributed by atoms with van der Waals surface area (Å²) in [5, 5.41) is 18.7. The summed E-state index contributed by atoms with van der Waals surface area (Å²) in [6.45, 7) is 8.58. The zero-order valence-corrected chi connectivity index (χ0v) is 19.9. The van der Waals surface area contributed by atoms with Crippen LogP contribution in [0, 0.1) is 18.3 Å². The Bertz CT molecular complexity index is 1410. The van der Waals surface area contributed by atoms with E-state index in [-0.39, 0.29) is 0 Å². The highest BCUT2D eigenvalue weighted by atomic mass is 15.3. The van der Waals surface area contributed by atoms with Crippen molar-refractivity contribution in [2.75, 3.05) is 36.0 Å². The fraction of sp³-hybridized carbons (Fsp3) is 0.333. The van der Waals surface area contributed by atoms with Crippen LogP contribution in [-0.2, 0) is 26.1 Å². The molecule has 0 aliphatic carbocycles. The van der Waals surface area contributed by atoms with Crippen molar-refractivity contribution in [3.63, 3.8) is 0 Å². The van der Waals surface area contributed by atoms with Crippen molar-refractivity contribution in [2.24, 2.45) is 0 Å². The van der Waals surface area contributed by atoms with Gasteiger partial charge in [0.2, 0.25) is 0 Å². The average Bonchev–Trinajstić information content (AvgIpc) is 3.48. The molecule has 3 aromatic heterocycles. The van der Waals surface area contributed by atoms with Crippen molar-refractivity contribution in [3.05, 3.63) is 76.9 Å². The van der Waals surface area contributed by atoms with E-state index in [0.29, 0.717) is 5.56 Å². The maximum atomic E-state index is 9.48. The molecule has 0 saturated carbocycles. The Labute approximate surface area is 204 Å². The van der Waals surface area contributed by atoms with Gasteiger partial charge in [0, 0.05) is 68.3 Å². The van der Waals surface area contributed by atoms with Gasteiger partial charge < -0.3 is 15.1 Å². The van der Waals surface area contributed by atoms with Crippen LogP contribution in [0.5, 0.6) is 0 Å². The zero-order valence-electron chi connectivity index (χ0n) is 19.9. The van der Waals surface area contributed by atoms with Crippen LogP contribution < -0.4 is 15.1 Å². The Morgan fingerprint density at radius 1 is 1.03 bits per heavy atom. The Balaban J connectivity index is 1.19. The largest absolute Gasteiger partial charge is 0.361 e. The third kappa shape index (κ3) is 3.98. The van der Waals surface area contributed by atoms with Crippen LogP contribution in [0.25, 0.3) is 10.9 Å². The van der Waals surface area contributed by atoms with Gasteiger partial charge in [0.25, 0.3) is 0 Å². The van der Waals surface area contributed by atoms with Crippen molar-refractivity contribution < 1.29 is 0 Å². The number of pyridine rings is 2. The Hall–Kier alpha value is -3.96. The summed E-state index contributed by atoms with van der Waals surface area (Å²) in [6.07, 6.45) is 4.65. The lowest BCUT2D eigenvalue weighted by Crippen LogP contribution is -2.43. The van der Waals surface area contributed by atoms with E-state index in [0.717, 1.165) is 80.3 Å². The SMILES string of the molecule is Cc1nn(CCc2ccc(N3CCNCC3)nc2)c2c1CN(c1ccc(C#N)c3ncccc13)C2. The third-order valence-electron chi connectivity index (χ3n) is 7.13. The molecule has 1 aromatic carbocycles. The van der Waals surface area contributed by atoms with E-state index in [1.54, 1.807) is 6.20 Å². The predicted octanol–water partition coefficient (Wildman–Crippen LogP) is 3.18. The van der Waals surface area contributed by atoms with Gasteiger partial charge >= 0.3 is 0 Å². The fourth-order valence-electron chi connectivity index (χ4n) is 5.24. The highest BCUT2D eigenvalue weighted by Gasteiger charge is 2.27. The summed E-state index contributed by atoms with van der Waals surface area (Å²) in [7, 11) is 0. The molecule has 176 valence electrons. The number of aryl methyl sites for hydroxylation is 3. The van der Waals surface area contributed by atoms with E-state index < -0.39 is 0 Å². The zero-order chi connectivity index (χ0) is 23.8. The second kappa shape index (κ2) is 9.01. The first-order valence-electron chi connectivity index (χ1n) is 12.2. The monoisotopic (exact) mass is 464 g/mol. The number of anilines is 2. The van der Waals surface area contributed by atoms with Gasteiger partial charge in [0.05, 0.1) is 29.0 Å². The number of benzene rings is 1. The highest BCUT2D eigenvalue weighted by molar-refractivity contribution is 5.95. The Kier molecular flexibility index (Phi) is 5.55. The molecule has 4 aromatic rings. The minimum atomic E-state index is 0.611.